The van der Waals surface area contributed by atoms with Gasteiger partial charge in [-0.1, -0.05) is 6.08 Å². The van der Waals surface area contributed by atoms with Crippen LogP contribution in [0.2, 0.25) is 0 Å². The monoisotopic (exact) mass is 200 g/mol. The normalized spacial score (nSPS) is 10.9. The fourth-order valence-corrected chi connectivity index (χ4v) is 0.978. The largest absolute Gasteiger partial charge is 0.397 e. The molecule has 0 atom stereocenters. The quantitative estimate of drug-likeness (QED) is 0.601. The number of hydrogen-bond acceptors (Lipinski definition) is 2. The van der Waals surface area contributed by atoms with Crippen LogP contribution in [0.25, 0.3) is 6.08 Å². The Labute approximate surface area is 81.2 Å². The second-order valence-electron chi connectivity index (χ2n) is 2.49. The Morgan fingerprint density at radius 1 is 1.54 bits per heavy atom. The van der Waals surface area contributed by atoms with E-state index in [0.717, 1.165) is 6.42 Å². The van der Waals surface area contributed by atoms with Crippen LogP contribution in [0.3, 0.4) is 0 Å². The number of nitrogens with zero attached hydrogens (tertiary/aromatic N) is 1. The van der Waals surface area contributed by atoms with E-state index in [-0.39, 0.29) is 0 Å². The molecule has 1 aromatic rings. The Kier molecular flexibility index (Phi) is 3.71. The Morgan fingerprint density at radius 2 is 2.31 bits per heavy atom. The fraction of sp³-hybridized carbons (Fsp3) is 0.222. The maximum absolute atomic E-state index is 12.6. The SMILES string of the molecule is Nc1ccc(F)nc1C=CCCCl. The zero-order valence-corrected chi connectivity index (χ0v) is 7.76. The van der Waals surface area contributed by atoms with Crippen molar-refractivity contribution < 1.29 is 4.39 Å². The van der Waals surface area contributed by atoms with Crippen LogP contribution in [0, 0.1) is 5.95 Å². The molecule has 0 unspecified atom stereocenters. The lowest BCUT2D eigenvalue weighted by molar-refractivity contribution is 0.583. The van der Waals surface area contributed by atoms with Crippen molar-refractivity contribution in [1.29, 1.82) is 0 Å². The lowest BCUT2D eigenvalue weighted by Crippen LogP contribution is -1.94. The number of halogens is 2. The van der Waals surface area contributed by atoms with Crippen molar-refractivity contribution in [2.45, 2.75) is 6.42 Å². The predicted octanol–water partition coefficient (Wildman–Crippen LogP) is 2.45. The van der Waals surface area contributed by atoms with Crippen LogP contribution in [0.1, 0.15) is 12.1 Å². The first-order valence-electron chi connectivity index (χ1n) is 3.88. The molecule has 0 amide bonds. The molecule has 2 nitrogen and oxygen atoms in total. The fourth-order valence-electron chi connectivity index (χ4n) is 0.852. The van der Waals surface area contributed by atoms with Gasteiger partial charge in [-0.25, -0.2) is 4.98 Å². The van der Waals surface area contributed by atoms with E-state index >= 15 is 0 Å². The molecule has 0 aliphatic heterocycles. The number of rotatable bonds is 3. The second-order valence-corrected chi connectivity index (χ2v) is 2.87. The second kappa shape index (κ2) is 4.82. The molecule has 0 saturated carbocycles. The Morgan fingerprint density at radius 3 is 3.00 bits per heavy atom. The highest BCUT2D eigenvalue weighted by atomic mass is 35.5. The molecule has 1 aromatic heterocycles. The summed E-state index contributed by atoms with van der Waals surface area (Å²) in [7, 11) is 0. The van der Waals surface area contributed by atoms with Gasteiger partial charge >= 0.3 is 0 Å². The Hall–Kier alpha value is -1.09. The number of pyridine rings is 1. The molecule has 13 heavy (non-hydrogen) atoms. The molecule has 0 radical (unpaired) electrons. The van der Waals surface area contributed by atoms with Crippen LogP contribution >= 0.6 is 11.6 Å². The summed E-state index contributed by atoms with van der Waals surface area (Å²) in [6.07, 6.45) is 4.20. The average molecular weight is 201 g/mol. The van der Waals surface area contributed by atoms with Gasteiger partial charge in [0, 0.05) is 5.88 Å². The summed E-state index contributed by atoms with van der Waals surface area (Å²) in [5.74, 6) is 0.00542. The molecule has 1 heterocycles. The highest BCUT2D eigenvalue weighted by molar-refractivity contribution is 6.17. The number of anilines is 1. The van der Waals surface area contributed by atoms with Gasteiger partial charge in [0.2, 0.25) is 5.95 Å². The van der Waals surface area contributed by atoms with Crippen molar-refractivity contribution in [1.82, 2.24) is 4.98 Å². The maximum atomic E-state index is 12.6. The predicted molar refractivity (Wildman–Crippen MR) is 53.0 cm³/mol. The van der Waals surface area contributed by atoms with E-state index in [1.165, 1.54) is 12.1 Å². The average Bonchev–Trinajstić information content (AvgIpc) is 2.11. The third kappa shape index (κ3) is 3.03. The minimum absolute atomic E-state index is 0.449. The number of allylic oxidation sites excluding steroid dienone is 1. The Balaban J connectivity index is 2.81. The van der Waals surface area contributed by atoms with Crippen molar-refractivity contribution in [2.75, 3.05) is 11.6 Å². The molecular formula is C9H10ClFN2. The zero-order valence-electron chi connectivity index (χ0n) is 7.00. The smallest absolute Gasteiger partial charge is 0.213 e. The third-order valence-electron chi connectivity index (χ3n) is 1.47. The lowest BCUT2D eigenvalue weighted by Gasteiger charge is -1.97. The summed E-state index contributed by atoms with van der Waals surface area (Å²) in [4.78, 5) is 3.62. The first-order valence-corrected chi connectivity index (χ1v) is 4.42. The van der Waals surface area contributed by atoms with E-state index in [1.54, 1.807) is 6.08 Å². The molecule has 2 N–H and O–H groups in total. The van der Waals surface area contributed by atoms with Gasteiger partial charge in [-0.2, -0.15) is 4.39 Å². The standard InChI is InChI=1S/C9H10ClFN2/c10-6-2-1-3-8-7(12)4-5-9(11)13-8/h1,3-5H,2,6,12H2. The molecule has 1 rings (SSSR count). The first kappa shape index (κ1) is 9.99. The summed E-state index contributed by atoms with van der Waals surface area (Å²) < 4.78 is 12.6. The highest BCUT2D eigenvalue weighted by Crippen LogP contribution is 2.11. The minimum Gasteiger partial charge on any atom is -0.397 e. The van der Waals surface area contributed by atoms with Crippen molar-refractivity contribution >= 4 is 23.4 Å². The number of aromatic nitrogens is 1. The zero-order chi connectivity index (χ0) is 9.68. The highest BCUT2D eigenvalue weighted by Gasteiger charge is 1.97. The van der Waals surface area contributed by atoms with Crippen molar-refractivity contribution in [3.8, 4) is 0 Å². The van der Waals surface area contributed by atoms with E-state index in [2.05, 4.69) is 4.98 Å². The van der Waals surface area contributed by atoms with Crippen LogP contribution in [0.15, 0.2) is 18.2 Å². The molecular weight excluding hydrogens is 191 g/mol. The van der Waals surface area contributed by atoms with Crippen LogP contribution in [-0.2, 0) is 0 Å². The topological polar surface area (TPSA) is 38.9 Å². The van der Waals surface area contributed by atoms with Crippen LogP contribution in [0.4, 0.5) is 10.1 Å². The van der Waals surface area contributed by atoms with Crippen molar-refractivity contribution in [3.63, 3.8) is 0 Å². The summed E-state index contributed by atoms with van der Waals surface area (Å²) in [6.45, 7) is 0. The van der Waals surface area contributed by atoms with Gasteiger partial charge in [-0.05, 0) is 24.6 Å². The minimum atomic E-state index is -0.528. The van der Waals surface area contributed by atoms with E-state index < -0.39 is 5.95 Å². The van der Waals surface area contributed by atoms with Gasteiger partial charge < -0.3 is 5.73 Å². The molecule has 4 heteroatoms. The molecule has 0 aliphatic carbocycles. The van der Waals surface area contributed by atoms with Gasteiger partial charge in [0.25, 0.3) is 0 Å². The van der Waals surface area contributed by atoms with Crippen molar-refractivity contribution in [3.05, 3.63) is 29.9 Å². The number of nitrogens with two attached hydrogens (primary N) is 1. The van der Waals surface area contributed by atoms with Gasteiger partial charge in [0.05, 0.1) is 11.4 Å². The van der Waals surface area contributed by atoms with E-state index in [1.807, 2.05) is 6.08 Å². The van der Waals surface area contributed by atoms with Crippen molar-refractivity contribution in [2.24, 2.45) is 0 Å². The first-order chi connectivity index (χ1) is 6.24. The third-order valence-corrected chi connectivity index (χ3v) is 1.69. The molecule has 70 valence electrons. The van der Waals surface area contributed by atoms with E-state index in [9.17, 15) is 4.39 Å². The Bertz CT molecular complexity index is 312. The van der Waals surface area contributed by atoms with Gasteiger partial charge in [-0.3, -0.25) is 0 Å². The van der Waals surface area contributed by atoms with Gasteiger partial charge in [-0.15, -0.1) is 11.6 Å². The van der Waals surface area contributed by atoms with Crippen LogP contribution in [-0.4, -0.2) is 10.9 Å². The summed E-state index contributed by atoms with van der Waals surface area (Å²) in [5, 5.41) is 0. The molecule has 0 aromatic carbocycles. The van der Waals surface area contributed by atoms with Gasteiger partial charge in [0.1, 0.15) is 0 Å². The summed E-state index contributed by atoms with van der Waals surface area (Å²) in [5.41, 5.74) is 6.47. The number of alkyl halides is 1. The number of hydrogen-bond donors (Lipinski definition) is 1. The van der Waals surface area contributed by atoms with E-state index in [0.29, 0.717) is 17.3 Å². The number of nitrogen functional groups attached to an aromatic ring is 1. The van der Waals surface area contributed by atoms with Crippen LogP contribution < -0.4 is 5.73 Å². The summed E-state index contributed by atoms with van der Waals surface area (Å²) in [6, 6.07) is 2.72. The maximum Gasteiger partial charge on any atom is 0.213 e. The molecule has 0 bridgehead atoms. The lowest BCUT2D eigenvalue weighted by atomic mass is 10.2. The molecule has 0 spiro atoms. The molecule has 0 saturated heterocycles. The molecule has 0 fully saturated rings. The van der Waals surface area contributed by atoms with Gasteiger partial charge in [0.15, 0.2) is 0 Å². The molecule has 0 aliphatic rings. The van der Waals surface area contributed by atoms with Crippen LogP contribution in [0.5, 0.6) is 0 Å². The summed E-state index contributed by atoms with van der Waals surface area (Å²) >= 11 is 5.46. The van der Waals surface area contributed by atoms with E-state index in [4.69, 9.17) is 17.3 Å².